The molecule has 0 unspecified atom stereocenters. The van der Waals surface area contributed by atoms with Crippen LogP contribution in [0.1, 0.15) is 33.4 Å². The lowest BCUT2D eigenvalue weighted by molar-refractivity contribution is -0.138. The van der Waals surface area contributed by atoms with Gasteiger partial charge in [0.25, 0.3) is 0 Å². The Hall–Kier alpha value is -10.7. The number of nitrogens with zero attached hydrogens (tertiary/aromatic N) is 6. The van der Waals surface area contributed by atoms with E-state index in [2.05, 4.69) is 24.3 Å². The van der Waals surface area contributed by atoms with E-state index in [-0.39, 0.29) is 22.5 Å². The molecule has 10 aromatic carbocycles. The molecule has 370 valence electrons. The smallest absolute Gasteiger partial charge is 0.308 e. The molecule has 6 nitrogen and oxygen atoms in total. The van der Waals surface area contributed by atoms with Crippen molar-refractivity contribution in [2.45, 2.75) is 12.4 Å². The van der Waals surface area contributed by atoms with Crippen LogP contribution < -0.4 is 0 Å². The Labute approximate surface area is 441 Å². The van der Waals surface area contributed by atoms with Crippen molar-refractivity contribution >= 4 is 43.6 Å². The summed E-state index contributed by atoms with van der Waals surface area (Å²) < 4.78 is 97.1. The van der Waals surface area contributed by atoms with Crippen LogP contribution in [0.3, 0.4) is 0 Å². The van der Waals surface area contributed by atoms with Gasteiger partial charge >= 0.3 is 12.4 Å². The van der Waals surface area contributed by atoms with E-state index in [4.69, 9.17) is 0 Å². The van der Waals surface area contributed by atoms with E-state index in [1.165, 1.54) is 12.1 Å². The molecule has 0 saturated heterocycles. The molecule has 0 saturated carbocycles. The van der Waals surface area contributed by atoms with Gasteiger partial charge in [-0.05, 0) is 147 Å². The van der Waals surface area contributed by atoms with Gasteiger partial charge in [0, 0.05) is 27.1 Å². The lowest BCUT2D eigenvalue weighted by atomic mass is 9.95. The normalized spacial score (nSPS) is 11.7. The molecule has 12 heteroatoms. The predicted octanol–water partition coefficient (Wildman–Crippen LogP) is 17.7. The average molecular weight is 1030 g/mol. The number of halogens is 6. The number of rotatable bonds is 7. The lowest BCUT2D eigenvalue weighted by Crippen LogP contribution is -2.12. The second kappa shape index (κ2) is 18.6. The summed E-state index contributed by atoms with van der Waals surface area (Å²) in [5.74, 6) is 0. The standard InChI is InChI=1S/C66H34F6N6/c67-65(68,69)52-3-1-2-51(28-52)64-62(77-58-29-47(43-12-4-39(35-73)5-13-43)20-24-54(58)55-25-21-48(30-59(55)77)44-14-6-40(36-74)7-15-44)33-53(66(70,71)72)34-63(64)78-60-31-49(45-16-8-41(37-75)9-17-45)22-26-56(60)57-27-23-50(32-61(57)78)46-18-10-42(38-76)11-19-46/h1-34H. The molecule has 2 aromatic heterocycles. The van der Waals surface area contributed by atoms with E-state index in [1.54, 1.807) is 106 Å². The van der Waals surface area contributed by atoms with Crippen molar-refractivity contribution in [3.8, 4) is 91.3 Å². The first kappa shape index (κ1) is 48.3. The van der Waals surface area contributed by atoms with Crippen LogP contribution in [0.25, 0.3) is 111 Å². The van der Waals surface area contributed by atoms with Crippen LogP contribution in [-0.2, 0) is 12.4 Å². The molecule has 0 fully saturated rings. The minimum atomic E-state index is -5.00. The zero-order chi connectivity index (χ0) is 54.0. The first-order valence-electron chi connectivity index (χ1n) is 24.3. The maximum atomic E-state index is 16.2. The highest BCUT2D eigenvalue weighted by molar-refractivity contribution is 6.14. The quantitative estimate of drug-likeness (QED) is 0.148. The van der Waals surface area contributed by atoms with Crippen molar-refractivity contribution in [3.05, 3.63) is 240 Å². The Morgan fingerprint density at radius 1 is 0.282 bits per heavy atom. The Morgan fingerprint density at radius 3 is 0.833 bits per heavy atom. The van der Waals surface area contributed by atoms with Crippen molar-refractivity contribution in [3.63, 3.8) is 0 Å². The number of hydrogen-bond acceptors (Lipinski definition) is 4. The monoisotopic (exact) mass is 1020 g/mol. The van der Waals surface area contributed by atoms with Crippen molar-refractivity contribution in [2.75, 3.05) is 0 Å². The van der Waals surface area contributed by atoms with Gasteiger partial charge < -0.3 is 9.13 Å². The van der Waals surface area contributed by atoms with Gasteiger partial charge in [0.05, 0.1) is 91.1 Å². The van der Waals surface area contributed by atoms with Crippen molar-refractivity contribution in [2.24, 2.45) is 0 Å². The molecule has 2 heterocycles. The number of fused-ring (bicyclic) bond motifs is 6. The third-order valence-electron chi connectivity index (χ3n) is 14.3. The number of aromatic nitrogens is 2. The summed E-state index contributed by atoms with van der Waals surface area (Å²) in [7, 11) is 0. The molecule has 0 amide bonds. The minimum absolute atomic E-state index is 0.0217. The summed E-state index contributed by atoms with van der Waals surface area (Å²) in [6.07, 6.45) is -9.85. The Balaban J connectivity index is 1.26. The van der Waals surface area contributed by atoms with E-state index in [9.17, 15) is 21.0 Å². The van der Waals surface area contributed by atoms with Crippen LogP contribution in [0.5, 0.6) is 0 Å². The number of benzene rings is 10. The number of nitriles is 4. The fraction of sp³-hybridized carbons (Fsp3) is 0.0303. The molecule has 0 N–H and O–H groups in total. The van der Waals surface area contributed by atoms with Gasteiger partial charge in [-0.1, -0.05) is 109 Å². The van der Waals surface area contributed by atoms with Crippen LogP contribution in [0.15, 0.2) is 206 Å². The van der Waals surface area contributed by atoms with Crippen molar-refractivity contribution in [1.82, 2.24) is 9.13 Å². The van der Waals surface area contributed by atoms with Gasteiger partial charge in [-0.2, -0.15) is 47.4 Å². The topological polar surface area (TPSA) is 105 Å². The molecule has 78 heavy (non-hydrogen) atoms. The molecule has 0 aliphatic rings. The predicted molar refractivity (Wildman–Crippen MR) is 291 cm³/mol. The second-order valence-electron chi connectivity index (χ2n) is 18.8. The van der Waals surface area contributed by atoms with Crippen molar-refractivity contribution in [1.29, 1.82) is 21.0 Å². The molecule has 0 radical (unpaired) electrons. The number of hydrogen-bond donors (Lipinski definition) is 0. The molecule has 0 bridgehead atoms. The summed E-state index contributed by atoms with van der Waals surface area (Å²) in [4.78, 5) is 0. The Kier molecular flexibility index (Phi) is 11.5. The fourth-order valence-corrected chi connectivity index (χ4v) is 10.5. The maximum absolute atomic E-state index is 16.2. The molecule has 0 spiro atoms. The van der Waals surface area contributed by atoms with E-state index in [0.717, 1.165) is 24.3 Å². The summed E-state index contributed by atoms with van der Waals surface area (Å²) >= 11 is 0. The fourth-order valence-electron chi connectivity index (χ4n) is 10.5. The summed E-state index contributed by atoms with van der Waals surface area (Å²) in [5.41, 5.74) is 6.67. The SMILES string of the molecule is N#Cc1ccc(-c2ccc3c4ccc(-c5ccc(C#N)cc5)cc4n(-c4cc(C(F)(F)F)cc(-n5c6cc(-c7ccc(C#N)cc7)ccc6c6ccc(-c7ccc(C#N)cc7)cc65)c4-c4cccc(C(F)(F)F)c4)c3c2)cc1. The van der Waals surface area contributed by atoms with Gasteiger partial charge in [-0.15, -0.1) is 0 Å². The highest BCUT2D eigenvalue weighted by Crippen LogP contribution is 2.48. The number of alkyl halides is 6. The molecule has 12 rings (SSSR count). The molecule has 0 aliphatic heterocycles. The first-order chi connectivity index (χ1) is 37.7. The Bertz CT molecular complexity index is 4110. The molecule has 0 aliphatic carbocycles. The highest BCUT2D eigenvalue weighted by Gasteiger charge is 2.36. The maximum Gasteiger partial charge on any atom is 0.416 e. The van der Waals surface area contributed by atoms with Gasteiger partial charge in [-0.3, -0.25) is 0 Å². The Morgan fingerprint density at radius 2 is 0.564 bits per heavy atom. The van der Waals surface area contributed by atoms with Gasteiger partial charge in [0.2, 0.25) is 0 Å². The third kappa shape index (κ3) is 8.41. The summed E-state index contributed by atoms with van der Waals surface area (Å²) in [6.45, 7) is 0. The molecule has 12 aromatic rings. The largest absolute Gasteiger partial charge is 0.416 e. The third-order valence-corrected chi connectivity index (χ3v) is 14.3. The van der Waals surface area contributed by atoms with Crippen LogP contribution >= 0.6 is 0 Å². The van der Waals surface area contributed by atoms with Crippen LogP contribution in [-0.4, -0.2) is 9.13 Å². The zero-order valence-corrected chi connectivity index (χ0v) is 40.6. The van der Waals surface area contributed by atoms with Crippen LogP contribution in [0.2, 0.25) is 0 Å². The first-order valence-corrected chi connectivity index (χ1v) is 24.3. The van der Waals surface area contributed by atoms with E-state index < -0.39 is 23.5 Å². The second-order valence-corrected chi connectivity index (χ2v) is 18.8. The lowest BCUT2D eigenvalue weighted by Gasteiger charge is -2.23. The van der Waals surface area contributed by atoms with Gasteiger partial charge in [0.1, 0.15) is 0 Å². The van der Waals surface area contributed by atoms with E-state index in [1.807, 2.05) is 72.8 Å². The zero-order valence-electron chi connectivity index (χ0n) is 40.6. The minimum Gasteiger partial charge on any atom is -0.308 e. The van der Waals surface area contributed by atoms with Crippen LogP contribution in [0, 0.1) is 45.3 Å². The van der Waals surface area contributed by atoms with Crippen LogP contribution in [0.4, 0.5) is 26.3 Å². The van der Waals surface area contributed by atoms with E-state index >= 15 is 26.3 Å². The van der Waals surface area contributed by atoms with E-state index in [0.29, 0.717) is 110 Å². The molecular formula is C66H34F6N6. The average Bonchev–Trinajstić information content (AvgIpc) is 4.14. The van der Waals surface area contributed by atoms with Crippen molar-refractivity contribution < 1.29 is 26.3 Å². The molecular weight excluding hydrogens is 991 g/mol. The van der Waals surface area contributed by atoms with Gasteiger partial charge in [-0.25, -0.2) is 0 Å². The summed E-state index contributed by atoms with van der Waals surface area (Å²) in [6, 6.07) is 64.9. The summed E-state index contributed by atoms with van der Waals surface area (Å²) in [5, 5.41) is 41.0. The van der Waals surface area contributed by atoms with Gasteiger partial charge in [0.15, 0.2) is 0 Å². The highest BCUT2D eigenvalue weighted by atomic mass is 19.4. The molecule has 0 atom stereocenters.